The monoisotopic (exact) mass is 499 g/mol. The fraction of sp³-hybridized carbons (Fsp3) is 0.538. The van der Waals surface area contributed by atoms with Crippen LogP contribution in [-0.2, 0) is 36.2 Å². The zero-order valence-corrected chi connectivity index (χ0v) is 21.8. The number of unbranched alkanes of at least 4 members (excludes halogenated alkanes) is 1. The summed E-state index contributed by atoms with van der Waals surface area (Å²) < 4.78 is 9.79. The highest BCUT2D eigenvalue weighted by Crippen LogP contribution is 2.15. The zero-order valence-electron chi connectivity index (χ0n) is 21.8. The first-order valence-electron chi connectivity index (χ1n) is 12.3. The number of carbonyl (C=O) groups excluding carboxylic acids is 1. The molecular formula is C26H37N5O5. The molecule has 1 aromatic carbocycles. The molecule has 3 aromatic rings. The Kier molecular flexibility index (Phi) is 8.86. The van der Waals surface area contributed by atoms with Crippen molar-refractivity contribution < 1.29 is 14.6 Å². The molecule has 0 saturated heterocycles. The van der Waals surface area contributed by atoms with E-state index in [1.807, 2.05) is 30.3 Å². The molecule has 0 radical (unpaired) electrons. The lowest BCUT2D eigenvalue weighted by atomic mass is 10.2. The van der Waals surface area contributed by atoms with Gasteiger partial charge in [-0.05, 0) is 52.5 Å². The number of nitrogens with one attached hydrogen (secondary N) is 1. The molecule has 0 aliphatic rings. The van der Waals surface area contributed by atoms with Gasteiger partial charge in [-0.15, -0.1) is 0 Å². The van der Waals surface area contributed by atoms with Crippen molar-refractivity contribution in [3.05, 3.63) is 62.6 Å². The van der Waals surface area contributed by atoms with Crippen LogP contribution in [0.2, 0.25) is 0 Å². The molecule has 10 heteroatoms. The first-order chi connectivity index (χ1) is 17.0. The summed E-state index contributed by atoms with van der Waals surface area (Å²) in [6.07, 6.45) is 1.49. The molecule has 10 nitrogen and oxygen atoms in total. The molecule has 1 atom stereocenters. The topological polar surface area (TPSA) is 120 Å². The molecular weight excluding hydrogens is 462 g/mol. The number of benzene rings is 1. The first kappa shape index (κ1) is 27.3. The predicted octanol–water partition coefficient (Wildman–Crippen LogP) is 1.93. The highest BCUT2D eigenvalue weighted by molar-refractivity contribution is 5.72. The molecule has 0 amide bonds. The van der Waals surface area contributed by atoms with Gasteiger partial charge in [0.15, 0.2) is 11.2 Å². The van der Waals surface area contributed by atoms with Crippen molar-refractivity contribution in [2.75, 3.05) is 6.54 Å². The summed E-state index contributed by atoms with van der Waals surface area (Å²) in [5.41, 5.74) is 0.203. The van der Waals surface area contributed by atoms with E-state index in [2.05, 4.69) is 10.3 Å². The Labute approximate surface area is 210 Å². The number of rotatable bonds is 11. The number of aliphatic hydroxyl groups is 1. The minimum absolute atomic E-state index is 0.0156. The third kappa shape index (κ3) is 6.92. The SMILES string of the molecule is C[C@H](O)CCCCn1c(=O)c2c(nc(CNCC(=O)OC(C)(C)C)n2Cc2ccccc2)n(C)c1=O. The number of ether oxygens (including phenoxy) is 1. The van der Waals surface area contributed by atoms with Crippen molar-refractivity contribution in [3.8, 4) is 0 Å². The second-order valence-electron chi connectivity index (χ2n) is 10.1. The lowest BCUT2D eigenvalue weighted by Gasteiger charge is -2.19. The molecule has 3 rings (SSSR count). The third-order valence-electron chi connectivity index (χ3n) is 5.72. The van der Waals surface area contributed by atoms with E-state index >= 15 is 0 Å². The first-order valence-corrected chi connectivity index (χ1v) is 12.3. The molecule has 196 valence electrons. The Morgan fingerprint density at radius 3 is 2.47 bits per heavy atom. The van der Waals surface area contributed by atoms with Crippen LogP contribution in [0.4, 0.5) is 0 Å². The number of carbonyl (C=O) groups is 1. The fourth-order valence-electron chi connectivity index (χ4n) is 4.05. The van der Waals surface area contributed by atoms with Crippen LogP contribution in [-0.4, -0.2) is 48.0 Å². The number of aryl methyl sites for hydroxylation is 1. The fourth-order valence-corrected chi connectivity index (χ4v) is 4.05. The Balaban J connectivity index is 1.97. The lowest BCUT2D eigenvalue weighted by molar-refractivity contribution is -0.153. The molecule has 36 heavy (non-hydrogen) atoms. The molecule has 2 heterocycles. The van der Waals surface area contributed by atoms with E-state index in [4.69, 9.17) is 4.74 Å². The number of fused-ring (bicyclic) bond motifs is 1. The van der Waals surface area contributed by atoms with Gasteiger partial charge in [-0.1, -0.05) is 30.3 Å². The van der Waals surface area contributed by atoms with E-state index in [0.717, 1.165) is 5.56 Å². The van der Waals surface area contributed by atoms with Crippen molar-refractivity contribution in [1.29, 1.82) is 0 Å². The number of hydrogen-bond acceptors (Lipinski definition) is 7. The third-order valence-corrected chi connectivity index (χ3v) is 5.72. The van der Waals surface area contributed by atoms with Gasteiger partial charge < -0.3 is 14.4 Å². The number of esters is 1. The van der Waals surface area contributed by atoms with Crippen LogP contribution in [0, 0.1) is 0 Å². The number of aromatic nitrogens is 4. The summed E-state index contributed by atoms with van der Waals surface area (Å²) >= 11 is 0. The number of imidazole rings is 1. The van der Waals surface area contributed by atoms with Gasteiger partial charge in [-0.3, -0.25) is 24.0 Å². The summed E-state index contributed by atoms with van der Waals surface area (Å²) in [4.78, 5) is 43.3. The second kappa shape index (κ2) is 11.7. The van der Waals surface area contributed by atoms with Gasteiger partial charge in [0.05, 0.1) is 19.2 Å². The van der Waals surface area contributed by atoms with Crippen LogP contribution in [0.5, 0.6) is 0 Å². The number of aliphatic hydroxyl groups excluding tert-OH is 1. The molecule has 0 unspecified atom stereocenters. The van der Waals surface area contributed by atoms with Gasteiger partial charge >= 0.3 is 11.7 Å². The number of nitrogens with zero attached hydrogens (tertiary/aromatic N) is 4. The maximum atomic E-state index is 13.5. The van der Waals surface area contributed by atoms with Crippen LogP contribution in [0.1, 0.15) is 58.3 Å². The van der Waals surface area contributed by atoms with Crippen molar-refractivity contribution in [1.82, 2.24) is 24.0 Å². The van der Waals surface area contributed by atoms with Gasteiger partial charge in [-0.25, -0.2) is 9.78 Å². The van der Waals surface area contributed by atoms with Crippen molar-refractivity contribution in [3.63, 3.8) is 0 Å². The zero-order chi connectivity index (χ0) is 26.5. The normalized spacial score (nSPS) is 12.7. The van der Waals surface area contributed by atoms with Crippen LogP contribution in [0.15, 0.2) is 39.9 Å². The average Bonchev–Trinajstić information content (AvgIpc) is 3.14. The van der Waals surface area contributed by atoms with Gasteiger partial charge in [0, 0.05) is 20.1 Å². The highest BCUT2D eigenvalue weighted by atomic mass is 16.6. The summed E-state index contributed by atoms with van der Waals surface area (Å²) in [5, 5.41) is 12.6. The molecule has 0 saturated carbocycles. The molecule has 0 spiro atoms. The smallest absolute Gasteiger partial charge is 0.332 e. The maximum absolute atomic E-state index is 13.5. The van der Waals surface area contributed by atoms with Gasteiger partial charge in [0.25, 0.3) is 5.56 Å². The summed E-state index contributed by atoms with van der Waals surface area (Å²) in [7, 11) is 1.61. The van der Waals surface area contributed by atoms with Gasteiger partial charge in [-0.2, -0.15) is 0 Å². The molecule has 0 bridgehead atoms. The largest absolute Gasteiger partial charge is 0.459 e. The maximum Gasteiger partial charge on any atom is 0.332 e. The van der Waals surface area contributed by atoms with Crippen LogP contribution < -0.4 is 16.6 Å². The van der Waals surface area contributed by atoms with Crippen molar-refractivity contribution in [2.24, 2.45) is 7.05 Å². The van der Waals surface area contributed by atoms with E-state index in [9.17, 15) is 19.5 Å². The molecule has 2 N–H and O–H groups in total. The van der Waals surface area contributed by atoms with Crippen molar-refractivity contribution in [2.45, 2.75) is 78.3 Å². The standard InChI is InChI=1S/C26H37N5O5/c1-18(32)11-9-10-14-30-24(34)22-23(29(5)25(30)35)28-20(15-27-16-21(33)36-26(2,3)4)31(22)17-19-12-7-6-8-13-19/h6-8,12-13,18,27,32H,9-11,14-17H2,1-5H3/t18-/m0/s1. The van der Waals surface area contributed by atoms with Gasteiger partial charge in [0.2, 0.25) is 0 Å². The summed E-state index contributed by atoms with van der Waals surface area (Å²) in [5.74, 6) is 0.150. The average molecular weight is 500 g/mol. The Bertz CT molecular complexity index is 1300. The van der Waals surface area contributed by atoms with Gasteiger partial charge in [0.1, 0.15) is 11.4 Å². The minimum Gasteiger partial charge on any atom is -0.459 e. The summed E-state index contributed by atoms with van der Waals surface area (Å²) in [6.45, 7) is 7.98. The number of hydrogen-bond donors (Lipinski definition) is 2. The van der Waals surface area contributed by atoms with Crippen LogP contribution in [0.25, 0.3) is 11.2 Å². The summed E-state index contributed by atoms with van der Waals surface area (Å²) in [6, 6.07) is 9.68. The Morgan fingerprint density at radius 1 is 1.14 bits per heavy atom. The Hall–Kier alpha value is -3.24. The van der Waals surface area contributed by atoms with Crippen molar-refractivity contribution >= 4 is 17.1 Å². The van der Waals surface area contributed by atoms with E-state index in [1.165, 1.54) is 9.13 Å². The predicted molar refractivity (Wildman–Crippen MR) is 138 cm³/mol. The van der Waals surface area contributed by atoms with E-state index in [0.29, 0.717) is 42.8 Å². The molecule has 2 aromatic heterocycles. The Morgan fingerprint density at radius 2 is 1.83 bits per heavy atom. The minimum atomic E-state index is -0.586. The van der Waals surface area contributed by atoms with Crippen LogP contribution in [0.3, 0.4) is 0 Å². The molecule has 0 aliphatic heterocycles. The van der Waals surface area contributed by atoms with E-state index in [-0.39, 0.29) is 25.6 Å². The van der Waals surface area contributed by atoms with E-state index in [1.54, 1.807) is 39.3 Å². The van der Waals surface area contributed by atoms with E-state index < -0.39 is 23.0 Å². The quantitative estimate of drug-likeness (QED) is 0.305. The highest BCUT2D eigenvalue weighted by Gasteiger charge is 2.21. The van der Waals surface area contributed by atoms with Crippen LogP contribution >= 0.6 is 0 Å². The lowest BCUT2D eigenvalue weighted by Crippen LogP contribution is -2.39. The molecule has 0 aliphatic carbocycles. The second-order valence-corrected chi connectivity index (χ2v) is 10.1. The molecule has 0 fully saturated rings.